The molecule has 2 N–H and O–H groups in total. The molecule has 0 atom stereocenters. The second-order valence-corrected chi connectivity index (χ2v) is 4.17. The van der Waals surface area contributed by atoms with Gasteiger partial charge in [-0.15, -0.1) is 6.58 Å². The zero-order chi connectivity index (χ0) is 14.4. The van der Waals surface area contributed by atoms with Gasteiger partial charge in [-0.2, -0.15) is 0 Å². The maximum absolute atomic E-state index is 12.1. The van der Waals surface area contributed by atoms with Crippen molar-refractivity contribution in [2.75, 3.05) is 11.9 Å². The van der Waals surface area contributed by atoms with Gasteiger partial charge in [0.1, 0.15) is 0 Å². The van der Waals surface area contributed by atoms with Gasteiger partial charge in [0.05, 0.1) is 5.69 Å². The molecule has 6 heteroatoms. The summed E-state index contributed by atoms with van der Waals surface area (Å²) in [6.45, 7) is 7.70. The van der Waals surface area contributed by atoms with Gasteiger partial charge in [-0.1, -0.05) is 6.08 Å². The Morgan fingerprint density at radius 3 is 2.79 bits per heavy atom. The van der Waals surface area contributed by atoms with Crippen LogP contribution in [-0.2, 0) is 0 Å². The average molecular weight is 263 g/mol. The number of hydrogen-bond acceptors (Lipinski definition) is 3. The Morgan fingerprint density at radius 2 is 2.26 bits per heavy atom. The summed E-state index contributed by atoms with van der Waals surface area (Å²) in [5, 5.41) is 11.5. The number of pyridine rings is 1. The average Bonchev–Trinajstić information content (AvgIpc) is 2.35. The third-order valence-corrected chi connectivity index (χ3v) is 2.46. The predicted molar refractivity (Wildman–Crippen MR) is 72.3 cm³/mol. The van der Waals surface area contributed by atoms with Crippen molar-refractivity contribution in [2.24, 2.45) is 0 Å². The first-order valence-corrected chi connectivity index (χ1v) is 5.84. The molecule has 0 spiro atoms. The van der Waals surface area contributed by atoms with Crippen molar-refractivity contribution in [3.63, 3.8) is 0 Å². The lowest BCUT2D eigenvalue weighted by Gasteiger charge is -2.25. The molecule has 1 aromatic rings. The highest BCUT2D eigenvalue weighted by molar-refractivity contribution is 5.98. The highest BCUT2D eigenvalue weighted by Gasteiger charge is 2.18. The molecule has 102 valence electrons. The lowest BCUT2D eigenvalue weighted by molar-refractivity contribution is 0.0691. The van der Waals surface area contributed by atoms with Gasteiger partial charge in [0.15, 0.2) is 5.69 Å². The number of urea groups is 1. The molecule has 1 rings (SSSR count). The first-order chi connectivity index (χ1) is 8.97. The van der Waals surface area contributed by atoms with E-state index in [1.165, 1.54) is 17.2 Å². The van der Waals surface area contributed by atoms with E-state index >= 15 is 0 Å². The molecule has 2 amide bonds. The number of aromatic carboxylic acids is 1. The van der Waals surface area contributed by atoms with Gasteiger partial charge in [-0.25, -0.2) is 14.6 Å². The van der Waals surface area contributed by atoms with Gasteiger partial charge in [0.25, 0.3) is 0 Å². The van der Waals surface area contributed by atoms with Crippen LogP contribution in [0.15, 0.2) is 31.0 Å². The van der Waals surface area contributed by atoms with Gasteiger partial charge < -0.3 is 15.3 Å². The summed E-state index contributed by atoms with van der Waals surface area (Å²) in [6, 6.07) is 2.66. The van der Waals surface area contributed by atoms with Crippen LogP contribution in [0.1, 0.15) is 24.3 Å². The number of anilines is 1. The summed E-state index contributed by atoms with van der Waals surface area (Å²) in [5.41, 5.74) is -0.00660. The number of carboxylic acids is 1. The van der Waals surface area contributed by atoms with Crippen LogP contribution in [0.4, 0.5) is 10.5 Å². The molecule has 0 aromatic carbocycles. The third kappa shape index (κ3) is 3.80. The van der Waals surface area contributed by atoms with E-state index in [1.807, 2.05) is 13.8 Å². The zero-order valence-electron chi connectivity index (χ0n) is 11.0. The Labute approximate surface area is 111 Å². The molecule has 0 saturated heterocycles. The Bertz CT molecular complexity index is 486. The lowest BCUT2D eigenvalue weighted by Crippen LogP contribution is -2.40. The molecule has 0 aliphatic heterocycles. The van der Waals surface area contributed by atoms with Crippen LogP contribution in [0.5, 0.6) is 0 Å². The molecule has 6 nitrogen and oxygen atoms in total. The van der Waals surface area contributed by atoms with Crippen LogP contribution in [0.3, 0.4) is 0 Å². The van der Waals surface area contributed by atoms with Crippen molar-refractivity contribution >= 4 is 17.7 Å². The molecular weight excluding hydrogens is 246 g/mol. The fraction of sp³-hybridized carbons (Fsp3) is 0.308. The monoisotopic (exact) mass is 263 g/mol. The van der Waals surface area contributed by atoms with Crippen LogP contribution < -0.4 is 5.32 Å². The van der Waals surface area contributed by atoms with Gasteiger partial charge in [0, 0.05) is 18.8 Å². The standard InChI is InChI=1S/C13H17N3O3/c1-4-8-16(9(2)3)13(19)15-10-6-5-7-14-11(10)12(17)18/h4-7,9H,1,8H2,2-3H3,(H,15,19)(H,17,18). The van der Waals surface area contributed by atoms with Crippen LogP contribution >= 0.6 is 0 Å². The Morgan fingerprint density at radius 1 is 1.58 bits per heavy atom. The van der Waals surface area contributed by atoms with E-state index in [4.69, 9.17) is 5.11 Å². The summed E-state index contributed by atoms with van der Waals surface area (Å²) in [4.78, 5) is 28.3. The van der Waals surface area contributed by atoms with E-state index < -0.39 is 5.97 Å². The van der Waals surface area contributed by atoms with Crippen LogP contribution in [0.2, 0.25) is 0 Å². The number of amides is 2. The van der Waals surface area contributed by atoms with Gasteiger partial charge >= 0.3 is 12.0 Å². The molecule has 1 heterocycles. The van der Waals surface area contributed by atoms with Gasteiger partial charge in [-0.3, -0.25) is 0 Å². The summed E-state index contributed by atoms with van der Waals surface area (Å²) in [7, 11) is 0. The minimum absolute atomic E-state index is 0.0250. The first-order valence-electron chi connectivity index (χ1n) is 5.84. The molecule has 1 aromatic heterocycles. The highest BCUT2D eigenvalue weighted by Crippen LogP contribution is 2.13. The fourth-order valence-electron chi connectivity index (χ4n) is 1.53. The summed E-state index contributed by atoms with van der Waals surface area (Å²) < 4.78 is 0. The van der Waals surface area contributed by atoms with Crippen molar-refractivity contribution in [3.05, 3.63) is 36.7 Å². The van der Waals surface area contributed by atoms with Crippen molar-refractivity contribution in [3.8, 4) is 0 Å². The minimum atomic E-state index is -1.18. The number of hydrogen-bond donors (Lipinski definition) is 2. The number of carbonyl (C=O) groups excluding carboxylic acids is 1. The van der Waals surface area contributed by atoms with E-state index in [9.17, 15) is 9.59 Å². The predicted octanol–water partition coefficient (Wildman–Crippen LogP) is 2.21. The number of carboxylic acid groups (broad SMARTS) is 1. The third-order valence-electron chi connectivity index (χ3n) is 2.46. The molecule has 0 fully saturated rings. The largest absolute Gasteiger partial charge is 0.476 e. The maximum atomic E-state index is 12.1. The second-order valence-electron chi connectivity index (χ2n) is 4.17. The van der Waals surface area contributed by atoms with Gasteiger partial charge in [-0.05, 0) is 26.0 Å². The minimum Gasteiger partial charge on any atom is -0.476 e. The Balaban J connectivity index is 2.92. The van der Waals surface area contributed by atoms with Crippen LogP contribution in [0.25, 0.3) is 0 Å². The number of aromatic nitrogens is 1. The van der Waals surface area contributed by atoms with Crippen molar-refractivity contribution < 1.29 is 14.7 Å². The highest BCUT2D eigenvalue weighted by atomic mass is 16.4. The summed E-state index contributed by atoms with van der Waals surface area (Å²) in [5.74, 6) is -1.18. The molecule has 19 heavy (non-hydrogen) atoms. The van der Waals surface area contributed by atoms with E-state index in [0.717, 1.165) is 0 Å². The van der Waals surface area contributed by atoms with E-state index in [-0.39, 0.29) is 23.5 Å². The fourth-order valence-corrected chi connectivity index (χ4v) is 1.53. The van der Waals surface area contributed by atoms with E-state index in [1.54, 1.807) is 12.1 Å². The normalized spacial score (nSPS) is 10.1. The van der Waals surface area contributed by atoms with E-state index in [0.29, 0.717) is 6.54 Å². The quantitative estimate of drug-likeness (QED) is 0.798. The lowest BCUT2D eigenvalue weighted by atomic mass is 10.3. The smallest absolute Gasteiger partial charge is 0.356 e. The van der Waals surface area contributed by atoms with Gasteiger partial charge in [0.2, 0.25) is 0 Å². The Hall–Kier alpha value is -2.37. The first kappa shape index (κ1) is 14.7. The zero-order valence-corrected chi connectivity index (χ0v) is 11.0. The SMILES string of the molecule is C=CCN(C(=O)Nc1cccnc1C(=O)O)C(C)C. The van der Waals surface area contributed by atoms with E-state index in [2.05, 4.69) is 16.9 Å². The number of rotatable bonds is 5. The number of nitrogens with one attached hydrogen (secondary N) is 1. The molecule has 0 aliphatic carbocycles. The molecular formula is C13H17N3O3. The van der Waals surface area contributed by atoms with Crippen LogP contribution in [0, 0.1) is 0 Å². The number of nitrogens with zero attached hydrogens (tertiary/aromatic N) is 2. The second kappa shape index (κ2) is 6.53. The van der Waals surface area contributed by atoms with Crippen molar-refractivity contribution in [1.82, 2.24) is 9.88 Å². The topological polar surface area (TPSA) is 82.5 Å². The molecule has 0 bridgehead atoms. The van der Waals surface area contributed by atoms with Crippen molar-refractivity contribution in [1.29, 1.82) is 0 Å². The summed E-state index contributed by atoms with van der Waals surface area (Å²) >= 11 is 0. The Kier molecular flexibility index (Phi) is 5.05. The molecule has 0 radical (unpaired) electrons. The maximum Gasteiger partial charge on any atom is 0.356 e. The van der Waals surface area contributed by atoms with Crippen molar-refractivity contribution in [2.45, 2.75) is 19.9 Å². The molecule has 0 saturated carbocycles. The molecule has 0 unspecified atom stereocenters. The van der Waals surface area contributed by atoms with Crippen LogP contribution in [-0.4, -0.2) is 39.6 Å². The molecule has 0 aliphatic rings. The number of carbonyl (C=O) groups is 2. The summed E-state index contributed by atoms with van der Waals surface area (Å²) in [6.07, 6.45) is 2.98.